The molecule has 2 N–H and O–H groups in total. The molecular weight excluding hydrogens is 350 g/mol. The van der Waals surface area contributed by atoms with E-state index in [1.807, 2.05) is 17.0 Å². The van der Waals surface area contributed by atoms with Gasteiger partial charge in [-0.2, -0.15) is 0 Å². The summed E-state index contributed by atoms with van der Waals surface area (Å²) < 4.78 is 5.81. The van der Waals surface area contributed by atoms with E-state index in [1.165, 1.54) is 5.56 Å². The van der Waals surface area contributed by atoms with Crippen molar-refractivity contribution in [3.63, 3.8) is 0 Å². The number of halogens is 1. The Labute approximate surface area is 160 Å². The molecule has 6 heteroatoms. The average molecular weight is 376 g/mol. The fourth-order valence-electron chi connectivity index (χ4n) is 4.16. The molecule has 2 aliphatic rings. The minimum atomic E-state index is 0. The molecule has 4 rings (SSSR count). The summed E-state index contributed by atoms with van der Waals surface area (Å²) in [5.74, 6) is 2.67. The van der Waals surface area contributed by atoms with Crippen LogP contribution in [0.3, 0.4) is 0 Å². The molecule has 1 amide bonds. The van der Waals surface area contributed by atoms with Gasteiger partial charge in [-0.3, -0.25) is 4.79 Å². The van der Waals surface area contributed by atoms with E-state index >= 15 is 0 Å². The Morgan fingerprint density at radius 3 is 2.77 bits per heavy atom. The van der Waals surface area contributed by atoms with Crippen molar-refractivity contribution in [1.82, 2.24) is 9.88 Å². The number of nitrogens with two attached hydrogens (primary N) is 1. The third kappa shape index (κ3) is 3.79. The molecule has 140 valence electrons. The van der Waals surface area contributed by atoms with Crippen molar-refractivity contribution in [1.29, 1.82) is 0 Å². The van der Waals surface area contributed by atoms with Crippen LogP contribution in [0, 0.1) is 18.8 Å². The second-order valence-corrected chi connectivity index (χ2v) is 7.45. The molecule has 1 aromatic heterocycles. The van der Waals surface area contributed by atoms with Gasteiger partial charge in [0.05, 0.1) is 6.20 Å². The number of aryl methyl sites for hydroxylation is 2. The Hall–Kier alpha value is -1.85. The molecule has 1 aromatic carbocycles. The number of likely N-dealkylation sites (tertiary alicyclic amines) is 1. The zero-order valence-corrected chi connectivity index (χ0v) is 15.9. The predicted molar refractivity (Wildman–Crippen MR) is 103 cm³/mol. The van der Waals surface area contributed by atoms with Crippen molar-refractivity contribution in [3.8, 4) is 11.3 Å². The Morgan fingerprint density at radius 2 is 2.04 bits per heavy atom. The summed E-state index contributed by atoms with van der Waals surface area (Å²) in [6, 6.07) is 8.42. The molecule has 2 heterocycles. The third-order valence-electron chi connectivity index (χ3n) is 5.71. The highest BCUT2D eigenvalue weighted by atomic mass is 35.5. The first-order valence-corrected chi connectivity index (χ1v) is 9.15. The molecule has 3 unspecified atom stereocenters. The maximum absolute atomic E-state index is 12.5. The maximum Gasteiger partial charge on any atom is 0.223 e. The quantitative estimate of drug-likeness (QED) is 0.890. The van der Waals surface area contributed by atoms with Crippen LogP contribution in [-0.4, -0.2) is 34.9 Å². The second-order valence-electron chi connectivity index (χ2n) is 7.45. The number of oxazole rings is 1. The van der Waals surface area contributed by atoms with Crippen molar-refractivity contribution in [2.24, 2.45) is 17.6 Å². The Balaban J connectivity index is 0.00000196. The summed E-state index contributed by atoms with van der Waals surface area (Å²) in [6.45, 7) is 3.75. The average Bonchev–Trinajstić information content (AvgIpc) is 3.31. The van der Waals surface area contributed by atoms with Gasteiger partial charge in [0.2, 0.25) is 5.91 Å². The number of hydrogen-bond acceptors (Lipinski definition) is 4. The molecule has 2 fully saturated rings. The van der Waals surface area contributed by atoms with E-state index in [4.69, 9.17) is 10.2 Å². The number of carbonyl (C=O) groups excluding carboxylic acids is 1. The number of carbonyl (C=O) groups is 1. The monoisotopic (exact) mass is 375 g/mol. The number of benzene rings is 1. The molecule has 0 radical (unpaired) electrons. The number of nitrogens with zero attached hydrogens (tertiary/aromatic N) is 2. The van der Waals surface area contributed by atoms with Crippen LogP contribution in [0.2, 0.25) is 0 Å². The zero-order valence-electron chi connectivity index (χ0n) is 15.1. The van der Waals surface area contributed by atoms with Gasteiger partial charge >= 0.3 is 0 Å². The lowest BCUT2D eigenvalue weighted by Crippen LogP contribution is -2.33. The van der Waals surface area contributed by atoms with E-state index in [9.17, 15) is 4.79 Å². The molecule has 0 spiro atoms. The van der Waals surface area contributed by atoms with Crippen LogP contribution in [-0.2, 0) is 11.2 Å². The maximum atomic E-state index is 12.5. The lowest BCUT2D eigenvalue weighted by Gasteiger charge is -2.18. The van der Waals surface area contributed by atoms with Gasteiger partial charge in [-0.25, -0.2) is 4.98 Å². The molecule has 1 aliphatic heterocycles. The van der Waals surface area contributed by atoms with Crippen LogP contribution in [0.15, 0.2) is 34.9 Å². The van der Waals surface area contributed by atoms with Crippen molar-refractivity contribution in [3.05, 3.63) is 41.9 Å². The molecule has 26 heavy (non-hydrogen) atoms. The van der Waals surface area contributed by atoms with E-state index in [1.54, 1.807) is 6.20 Å². The highest BCUT2D eigenvalue weighted by Gasteiger charge is 2.42. The minimum Gasteiger partial charge on any atom is -0.441 e. The number of rotatable bonds is 4. The molecular formula is C20H26ClN3O2. The van der Waals surface area contributed by atoms with Crippen LogP contribution < -0.4 is 5.73 Å². The summed E-state index contributed by atoms with van der Waals surface area (Å²) >= 11 is 0. The summed E-state index contributed by atoms with van der Waals surface area (Å²) in [5, 5.41) is 0. The summed E-state index contributed by atoms with van der Waals surface area (Å²) in [4.78, 5) is 18.8. The fourth-order valence-corrected chi connectivity index (χ4v) is 4.16. The topological polar surface area (TPSA) is 72.4 Å². The van der Waals surface area contributed by atoms with Crippen LogP contribution in [0.1, 0.15) is 30.7 Å². The number of hydrogen-bond donors (Lipinski definition) is 1. The third-order valence-corrected chi connectivity index (χ3v) is 5.71. The van der Waals surface area contributed by atoms with E-state index < -0.39 is 0 Å². The normalized spacial score (nSPS) is 24.4. The van der Waals surface area contributed by atoms with Gasteiger partial charge in [-0.05, 0) is 31.6 Å². The van der Waals surface area contributed by atoms with Gasteiger partial charge in [-0.1, -0.05) is 29.8 Å². The van der Waals surface area contributed by atoms with Gasteiger partial charge in [0, 0.05) is 37.5 Å². The second kappa shape index (κ2) is 7.80. The lowest BCUT2D eigenvalue weighted by atomic mass is 9.98. The Morgan fingerprint density at radius 1 is 1.27 bits per heavy atom. The van der Waals surface area contributed by atoms with E-state index in [0.717, 1.165) is 37.3 Å². The zero-order chi connectivity index (χ0) is 17.4. The SMILES string of the molecule is Cc1ccc(-c2cnc(CCC(=O)N3CC4CCC(N)C4C3)o2)cc1.Cl. The van der Waals surface area contributed by atoms with Crippen molar-refractivity contribution < 1.29 is 9.21 Å². The van der Waals surface area contributed by atoms with Crippen LogP contribution in [0.5, 0.6) is 0 Å². The van der Waals surface area contributed by atoms with Crippen molar-refractivity contribution in [2.75, 3.05) is 13.1 Å². The van der Waals surface area contributed by atoms with E-state index in [0.29, 0.717) is 30.6 Å². The van der Waals surface area contributed by atoms with Gasteiger partial charge in [0.15, 0.2) is 11.7 Å². The number of fused-ring (bicyclic) bond motifs is 1. The summed E-state index contributed by atoms with van der Waals surface area (Å²) in [7, 11) is 0. The van der Waals surface area contributed by atoms with Crippen LogP contribution in [0.4, 0.5) is 0 Å². The highest BCUT2D eigenvalue weighted by Crippen LogP contribution is 2.37. The minimum absolute atomic E-state index is 0. The number of aromatic nitrogens is 1. The largest absolute Gasteiger partial charge is 0.441 e. The Kier molecular flexibility index (Phi) is 5.68. The van der Waals surface area contributed by atoms with Gasteiger partial charge < -0.3 is 15.1 Å². The van der Waals surface area contributed by atoms with Crippen molar-refractivity contribution in [2.45, 2.75) is 38.6 Å². The number of amides is 1. The molecule has 1 saturated heterocycles. The standard InChI is InChI=1S/C20H25N3O2.ClH/c1-13-2-4-14(5-3-13)18-10-22-19(25-18)8-9-20(24)23-11-15-6-7-17(21)16(15)12-23;/h2-5,10,15-17H,6-9,11-12,21H2,1H3;1H. The van der Waals surface area contributed by atoms with Crippen LogP contribution in [0.25, 0.3) is 11.3 Å². The molecule has 0 bridgehead atoms. The molecule has 5 nitrogen and oxygen atoms in total. The lowest BCUT2D eigenvalue weighted by molar-refractivity contribution is -0.130. The van der Waals surface area contributed by atoms with E-state index in [2.05, 4.69) is 24.0 Å². The van der Waals surface area contributed by atoms with Gasteiger partial charge in [0.1, 0.15) is 0 Å². The Bertz CT molecular complexity index is 759. The molecule has 2 aromatic rings. The molecule has 1 saturated carbocycles. The summed E-state index contributed by atoms with van der Waals surface area (Å²) in [6.07, 6.45) is 5.00. The van der Waals surface area contributed by atoms with Gasteiger partial charge in [0.25, 0.3) is 0 Å². The predicted octanol–water partition coefficient (Wildman–Crippen LogP) is 3.20. The first-order chi connectivity index (χ1) is 12.1. The van der Waals surface area contributed by atoms with E-state index in [-0.39, 0.29) is 24.4 Å². The first-order valence-electron chi connectivity index (χ1n) is 9.15. The smallest absolute Gasteiger partial charge is 0.223 e. The van der Waals surface area contributed by atoms with Gasteiger partial charge in [-0.15, -0.1) is 12.4 Å². The first kappa shape index (κ1) is 18.9. The highest BCUT2D eigenvalue weighted by molar-refractivity contribution is 5.85. The fraction of sp³-hybridized carbons (Fsp3) is 0.500. The molecule has 1 aliphatic carbocycles. The van der Waals surface area contributed by atoms with Crippen molar-refractivity contribution >= 4 is 18.3 Å². The van der Waals surface area contributed by atoms with Crippen LogP contribution >= 0.6 is 12.4 Å². The molecule has 3 atom stereocenters. The summed E-state index contributed by atoms with van der Waals surface area (Å²) in [5.41, 5.74) is 8.38.